The van der Waals surface area contributed by atoms with Crippen LogP contribution in [0.3, 0.4) is 0 Å². The van der Waals surface area contributed by atoms with E-state index in [0.717, 1.165) is 44.9 Å². The number of amides is 1. The van der Waals surface area contributed by atoms with E-state index in [1.165, 1.54) is 0 Å². The van der Waals surface area contributed by atoms with Gasteiger partial charge in [0.15, 0.2) is 0 Å². The van der Waals surface area contributed by atoms with E-state index in [2.05, 4.69) is 31.1 Å². The molecule has 5 nitrogen and oxygen atoms in total. The number of pyridine rings is 1. The summed E-state index contributed by atoms with van der Waals surface area (Å²) in [5, 5.41) is 2.99. The van der Waals surface area contributed by atoms with Gasteiger partial charge in [0.2, 0.25) is 5.88 Å². The van der Waals surface area contributed by atoms with Crippen LogP contribution in [0.15, 0.2) is 18.3 Å². The summed E-state index contributed by atoms with van der Waals surface area (Å²) in [7, 11) is 0. The van der Waals surface area contributed by atoms with Gasteiger partial charge in [0.1, 0.15) is 5.60 Å². The zero-order chi connectivity index (χ0) is 18.1. The Hall–Kier alpha value is -1.62. The van der Waals surface area contributed by atoms with E-state index in [-0.39, 0.29) is 5.91 Å². The van der Waals surface area contributed by atoms with Crippen molar-refractivity contribution in [3.05, 3.63) is 18.3 Å². The molecule has 1 saturated carbocycles. The zero-order valence-corrected chi connectivity index (χ0v) is 15.8. The second kappa shape index (κ2) is 9.76. The van der Waals surface area contributed by atoms with Gasteiger partial charge in [-0.1, -0.05) is 33.6 Å². The number of nitrogens with zero attached hydrogens (tertiary/aromatic N) is 1. The zero-order valence-electron chi connectivity index (χ0n) is 15.8. The van der Waals surface area contributed by atoms with Crippen LogP contribution < -0.4 is 10.1 Å². The van der Waals surface area contributed by atoms with Gasteiger partial charge in [-0.15, -0.1) is 0 Å². The van der Waals surface area contributed by atoms with Crippen LogP contribution in [0.1, 0.15) is 65.7 Å². The van der Waals surface area contributed by atoms with Gasteiger partial charge in [0.05, 0.1) is 18.5 Å². The first-order valence-electron chi connectivity index (χ1n) is 9.64. The van der Waals surface area contributed by atoms with Crippen molar-refractivity contribution in [1.29, 1.82) is 0 Å². The molecule has 140 valence electrons. The molecule has 1 aromatic heterocycles. The van der Waals surface area contributed by atoms with Gasteiger partial charge in [-0.05, 0) is 44.1 Å². The van der Waals surface area contributed by atoms with Crippen molar-refractivity contribution in [2.75, 3.05) is 18.5 Å². The van der Waals surface area contributed by atoms with Crippen molar-refractivity contribution < 1.29 is 14.3 Å². The molecule has 0 radical (unpaired) electrons. The van der Waals surface area contributed by atoms with Crippen LogP contribution in [-0.2, 0) is 9.53 Å². The lowest BCUT2D eigenvalue weighted by Gasteiger charge is -2.38. The van der Waals surface area contributed by atoms with Crippen LogP contribution >= 0.6 is 0 Å². The Morgan fingerprint density at radius 1 is 1.32 bits per heavy atom. The van der Waals surface area contributed by atoms with Crippen molar-refractivity contribution in [1.82, 2.24) is 4.98 Å². The predicted octanol–water partition coefficient (Wildman–Crippen LogP) is 4.57. The predicted molar refractivity (Wildman–Crippen MR) is 99.9 cm³/mol. The fourth-order valence-corrected chi connectivity index (χ4v) is 3.31. The minimum Gasteiger partial charge on any atom is -0.478 e. The van der Waals surface area contributed by atoms with E-state index in [9.17, 15) is 4.79 Å². The molecular weight excluding hydrogens is 316 g/mol. The van der Waals surface area contributed by atoms with Gasteiger partial charge in [-0.25, -0.2) is 4.98 Å². The maximum absolute atomic E-state index is 12.9. The molecule has 0 aromatic carbocycles. The van der Waals surface area contributed by atoms with Crippen LogP contribution in [0, 0.1) is 5.92 Å². The van der Waals surface area contributed by atoms with Crippen LogP contribution in [0.4, 0.5) is 5.69 Å². The molecule has 2 atom stereocenters. The van der Waals surface area contributed by atoms with E-state index >= 15 is 0 Å². The lowest BCUT2D eigenvalue weighted by molar-refractivity contribution is -0.148. The number of rotatable bonds is 9. The molecule has 0 bridgehead atoms. The Bertz CT molecular complexity index is 532. The first-order chi connectivity index (χ1) is 12.1. The van der Waals surface area contributed by atoms with Crippen molar-refractivity contribution in [2.24, 2.45) is 5.92 Å². The maximum atomic E-state index is 12.9. The monoisotopic (exact) mass is 348 g/mol. The molecule has 0 saturated heterocycles. The van der Waals surface area contributed by atoms with Gasteiger partial charge < -0.3 is 14.8 Å². The highest BCUT2D eigenvalue weighted by Crippen LogP contribution is 2.36. The largest absolute Gasteiger partial charge is 0.478 e. The summed E-state index contributed by atoms with van der Waals surface area (Å²) >= 11 is 0. The topological polar surface area (TPSA) is 60.5 Å². The maximum Gasteiger partial charge on any atom is 0.256 e. The third kappa shape index (κ3) is 5.70. The smallest absolute Gasteiger partial charge is 0.256 e. The SMILES string of the molecule is CCCCOc1ccc(NC(=O)[C@@]2(OCCC)CCC[C@@H](C)C2)cn1. The van der Waals surface area contributed by atoms with Crippen molar-refractivity contribution in [3.63, 3.8) is 0 Å². The second-order valence-electron chi connectivity index (χ2n) is 7.09. The Kier molecular flexibility index (Phi) is 7.69. The molecule has 1 amide bonds. The number of ether oxygens (including phenoxy) is 2. The van der Waals surface area contributed by atoms with Crippen molar-refractivity contribution in [3.8, 4) is 5.88 Å². The Labute approximate surface area is 151 Å². The van der Waals surface area contributed by atoms with Gasteiger partial charge in [-0.2, -0.15) is 0 Å². The normalized spacial score (nSPS) is 23.2. The van der Waals surface area contributed by atoms with E-state index < -0.39 is 5.60 Å². The minimum atomic E-state index is -0.704. The highest BCUT2D eigenvalue weighted by Gasteiger charge is 2.42. The molecule has 0 unspecified atom stereocenters. The van der Waals surface area contributed by atoms with Gasteiger partial charge in [0.25, 0.3) is 5.91 Å². The molecule has 1 heterocycles. The molecule has 1 N–H and O–H groups in total. The number of carbonyl (C=O) groups is 1. The third-order valence-electron chi connectivity index (χ3n) is 4.69. The second-order valence-corrected chi connectivity index (χ2v) is 7.09. The van der Waals surface area contributed by atoms with E-state index in [1.54, 1.807) is 12.3 Å². The van der Waals surface area contributed by atoms with E-state index in [1.807, 2.05) is 6.07 Å². The number of anilines is 1. The average Bonchev–Trinajstić information content (AvgIpc) is 2.61. The highest BCUT2D eigenvalue weighted by atomic mass is 16.5. The number of nitrogens with one attached hydrogen (secondary N) is 1. The molecule has 0 spiro atoms. The van der Waals surface area contributed by atoms with Gasteiger partial charge in [-0.3, -0.25) is 4.79 Å². The number of aromatic nitrogens is 1. The highest BCUT2D eigenvalue weighted by molar-refractivity contribution is 5.97. The van der Waals surface area contributed by atoms with Crippen LogP contribution in [-0.4, -0.2) is 29.7 Å². The van der Waals surface area contributed by atoms with Crippen LogP contribution in [0.5, 0.6) is 5.88 Å². The minimum absolute atomic E-state index is 0.0473. The summed E-state index contributed by atoms with van der Waals surface area (Å²) in [5.41, 5.74) is -0.0187. The fraction of sp³-hybridized carbons (Fsp3) is 0.700. The molecule has 5 heteroatoms. The van der Waals surface area contributed by atoms with Gasteiger partial charge >= 0.3 is 0 Å². The molecule has 1 aliphatic rings. The third-order valence-corrected chi connectivity index (χ3v) is 4.69. The molecule has 1 aliphatic carbocycles. The molecule has 0 aliphatic heterocycles. The summed E-state index contributed by atoms with van der Waals surface area (Å²) in [6.07, 6.45) is 8.42. The molecule has 25 heavy (non-hydrogen) atoms. The first kappa shape index (κ1) is 19.7. The quantitative estimate of drug-likeness (QED) is 0.664. The molecular formula is C20H32N2O3. The lowest BCUT2D eigenvalue weighted by Crippen LogP contribution is -2.48. The molecule has 2 rings (SSSR count). The van der Waals surface area contributed by atoms with Gasteiger partial charge in [0, 0.05) is 12.7 Å². The number of unbranched alkanes of at least 4 members (excludes halogenated alkanes) is 1. The standard InChI is InChI=1S/C20H32N2O3/c1-4-6-13-24-18-10-9-17(15-21-18)22-19(23)20(25-12-5-2)11-7-8-16(3)14-20/h9-10,15-16H,4-8,11-14H2,1-3H3,(H,22,23)/t16-,20-/m1/s1. The molecule has 1 fully saturated rings. The van der Waals surface area contributed by atoms with Crippen molar-refractivity contribution >= 4 is 11.6 Å². The number of hydrogen-bond acceptors (Lipinski definition) is 4. The summed E-state index contributed by atoms with van der Waals surface area (Å²) in [4.78, 5) is 17.2. The van der Waals surface area contributed by atoms with Crippen LogP contribution in [0.25, 0.3) is 0 Å². The summed E-state index contributed by atoms with van der Waals surface area (Å²) < 4.78 is 11.6. The number of carbonyl (C=O) groups excluding carboxylic acids is 1. The van der Waals surface area contributed by atoms with Crippen molar-refractivity contribution in [2.45, 2.75) is 71.3 Å². The van der Waals surface area contributed by atoms with E-state index in [4.69, 9.17) is 9.47 Å². The summed E-state index contributed by atoms with van der Waals surface area (Å²) in [5.74, 6) is 1.05. The number of hydrogen-bond donors (Lipinski definition) is 1. The Balaban J connectivity index is 1.99. The van der Waals surface area contributed by atoms with Crippen LogP contribution in [0.2, 0.25) is 0 Å². The summed E-state index contributed by atoms with van der Waals surface area (Å²) in [6.45, 7) is 7.67. The lowest BCUT2D eigenvalue weighted by atomic mass is 9.78. The Morgan fingerprint density at radius 3 is 2.80 bits per heavy atom. The average molecular weight is 348 g/mol. The molecule has 1 aromatic rings. The first-order valence-corrected chi connectivity index (χ1v) is 9.64. The Morgan fingerprint density at radius 2 is 2.16 bits per heavy atom. The summed E-state index contributed by atoms with van der Waals surface area (Å²) in [6, 6.07) is 3.64. The fourth-order valence-electron chi connectivity index (χ4n) is 3.31. The van der Waals surface area contributed by atoms with E-state index in [0.29, 0.717) is 30.7 Å².